The third-order valence-corrected chi connectivity index (χ3v) is 8.12. The molecule has 4 nitrogen and oxygen atoms in total. The Balaban J connectivity index is 1.53. The van der Waals surface area contributed by atoms with Crippen molar-refractivity contribution in [3.8, 4) is 10.4 Å². The summed E-state index contributed by atoms with van der Waals surface area (Å²) in [6.07, 6.45) is 7.32. The Morgan fingerprint density at radius 1 is 1.28 bits per heavy atom. The number of carbonyl (C=O) groups excluding carboxylic acids is 1. The van der Waals surface area contributed by atoms with Gasteiger partial charge in [0.2, 0.25) is 0 Å². The van der Waals surface area contributed by atoms with E-state index in [1.165, 1.54) is 29.9 Å². The number of ether oxygens (including phenoxy) is 1. The van der Waals surface area contributed by atoms with E-state index in [9.17, 15) is 13.6 Å². The lowest BCUT2D eigenvalue weighted by molar-refractivity contribution is -0.129. The highest BCUT2D eigenvalue weighted by Gasteiger charge is 2.61. The average Bonchev–Trinajstić information content (AvgIpc) is 3.27. The first kappa shape index (κ1) is 19.1. The highest BCUT2D eigenvalue weighted by Crippen LogP contribution is 2.65. The van der Waals surface area contributed by atoms with Gasteiger partial charge in [0.1, 0.15) is 11.6 Å². The fourth-order valence-electron chi connectivity index (χ4n) is 5.97. The molecule has 29 heavy (non-hydrogen) atoms. The van der Waals surface area contributed by atoms with Gasteiger partial charge in [-0.15, -0.1) is 0 Å². The molecule has 4 aliphatic rings. The Bertz CT molecular complexity index is 1010. The maximum atomic E-state index is 14.3. The minimum absolute atomic E-state index is 0.00801. The van der Waals surface area contributed by atoms with E-state index in [1.54, 1.807) is 13.3 Å². The maximum absolute atomic E-state index is 14.3. The topological polar surface area (TPSA) is 43.6 Å². The van der Waals surface area contributed by atoms with Crippen LogP contribution in [0.2, 0.25) is 0 Å². The summed E-state index contributed by atoms with van der Waals surface area (Å²) >= 11 is 1.27. The predicted molar refractivity (Wildman–Crippen MR) is 106 cm³/mol. The highest BCUT2D eigenvalue weighted by atomic mass is 32.1. The van der Waals surface area contributed by atoms with Gasteiger partial charge in [-0.05, 0) is 62.0 Å². The summed E-state index contributed by atoms with van der Waals surface area (Å²) < 4.78 is 34.6. The van der Waals surface area contributed by atoms with Gasteiger partial charge in [-0.2, -0.15) is 4.99 Å². The molecule has 0 N–H and O–H groups in total. The van der Waals surface area contributed by atoms with Crippen molar-refractivity contribution in [1.82, 2.24) is 4.57 Å². The Labute approximate surface area is 172 Å². The number of hydrogen-bond acceptors (Lipinski definition) is 3. The molecule has 2 aromatic rings. The average molecular weight is 419 g/mol. The van der Waals surface area contributed by atoms with Crippen LogP contribution in [0.1, 0.15) is 32.1 Å². The lowest BCUT2D eigenvalue weighted by Crippen LogP contribution is -2.33. The second-order valence-electron chi connectivity index (χ2n) is 8.81. The molecule has 2 unspecified atom stereocenters. The molecule has 1 aromatic heterocycles. The fourth-order valence-corrected chi connectivity index (χ4v) is 7.02. The molecule has 4 saturated carbocycles. The van der Waals surface area contributed by atoms with Crippen LogP contribution in [-0.4, -0.2) is 24.2 Å². The largest absolute Gasteiger partial charge is 0.383 e. The number of carbonyl (C=O) groups is 1. The molecular weight excluding hydrogens is 394 g/mol. The summed E-state index contributed by atoms with van der Waals surface area (Å²) in [7, 11) is 1.61. The zero-order chi connectivity index (χ0) is 20.2. The SMILES string of the molecule is COCCn1cc(-c2ccc(F)cc2F)s/c1=N\C(=O)C12CC3CC(CC1C3)C2. The first-order valence-electron chi connectivity index (χ1n) is 10.2. The van der Waals surface area contributed by atoms with E-state index >= 15 is 0 Å². The molecular formula is C22H24F2N2O2S. The van der Waals surface area contributed by atoms with Gasteiger partial charge in [0.15, 0.2) is 4.80 Å². The van der Waals surface area contributed by atoms with Crippen LogP contribution in [0.3, 0.4) is 0 Å². The number of amides is 1. The van der Waals surface area contributed by atoms with Crippen LogP contribution in [0.15, 0.2) is 29.4 Å². The Hall–Kier alpha value is -1.86. The van der Waals surface area contributed by atoms with Gasteiger partial charge in [0.05, 0.1) is 16.9 Å². The van der Waals surface area contributed by atoms with Crippen LogP contribution in [0.25, 0.3) is 10.4 Å². The van der Waals surface area contributed by atoms with Crippen molar-refractivity contribution in [3.05, 3.63) is 40.8 Å². The van der Waals surface area contributed by atoms with E-state index in [4.69, 9.17) is 4.74 Å². The van der Waals surface area contributed by atoms with E-state index < -0.39 is 11.6 Å². The Morgan fingerprint density at radius 3 is 2.72 bits per heavy atom. The van der Waals surface area contributed by atoms with Crippen molar-refractivity contribution in [3.63, 3.8) is 0 Å². The number of aromatic nitrogens is 1. The number of nitrogens with zero attached hydrogens (tertiary/aromatic N) is 2. The summed E-state index contributed by atoms with van der Waals surface area (Å²) in [6, 6.07) is 3.55. The maximum Gasteiger partial charge on any atom is 0.254 e. The van der Waals surface area contributed by atoms with Gasteiger partial charge >= 0.3 is 0 Å². The molecule has 0 spiro atoms. The second kappa shape index (κ2) is 7.13. The smallest absolute Gasteiger partial charge is 0.254 e. The minimum atomic E-state index is -0.617. The minimum Gasteiger partial charge on any atom is -0.383 e. The summed E-state index contributed by atoms with van der Waals surface area (Å²) in [5.74, 6) is 0.601. The normalized spacial score (nSPS) is 30.4. The molecule has 2 atom stereocenters. The van der Waals surface area contributed by atoms with E-state index in [-0.39, 0.29) is 11.3 Å². The third-order valence-electron chi connectivity index (χ3n) is 7.07. The van der Waals surface area contributed by atoms with Gasteiger partial charge in [0.25, 0.3) is 5.91 Å². The van der Waals surface area contributed by atoms with Gasteiger partial charge in [-0.1, -0.05) is 11.3 Å². The lowest BCUT2D eigenvalue weighted by Gasteiger charge is -2.29. The number of methoxy groups -OCH3 is 1. The first-order chi connectivity index (χ1) is 14.0. The predicted octanol–water partition coefficient (Wildman–Crippen LogP) is 4.39. The van der Waals surface area contributed by atoms with E-state index in [0.29, 0.717) is 46.1 Å². The molecule has 1 heterocycles. The van der Waals surface area contributed by atoms with Crippen LogP contribution >= 0.6 is 11.3 Å². The van der Waals surface area contributed by atoms with Gasteiger partial charge in [-0.25, -0.2) is 8.78 Å². The molecule has 0 radical (unpaired) electrons. The summed E-state index contributed by atoms with van der Waals surface area (Å²) in [6.45, 7) is 0.977. The van der Waals surface area contributed by atoms with Crippen LogP contribution < -0.4 is 4.80 Å². The molecule has 0 saturated heterocycles. The summed E-state index contributed by atoms with van der Waals surface area (Å²) in [4.78, 5) is 19.1. The van der Waals surface area contributed by atoms with Crippen LogP contribution in [0, 0.1) is 34.8 Å². The van der Waals surface area contributed by atoms with Crippen LogP contribution in [0.5, 0.6) is 0 Å². The van der Waals surface area contributed by atoms with Crippen molar-refractivity contribution in [2.75, 3.05) is 13.7 Å². The monoisotopic (exact) mass is 418 g/mol. The number of halogens is 2. The van der Waals surface area contributed by atoms with Crippen LogP contribution in [-0.2, 0) is 16.1 Å². The van der Waals surface area contributed by atoms with Crippen LogP contribution in [0.4, 0.5) is 8.78 Å². The number of rotatable bonds is 5. The van der Waals surface area contributed by atoms with Crippen molar-refractivity contribution >= 4 is 17.2 Å². The Morgan fingerprint density at radius 2 is 2.03 bits per heavy atom. The molecule has 6 rings (SSSR count). The number of hydrogen-bond donors (Lipinski definition) is 0. The number of thiazole rings is 1. The molecule has 0 aliphatic heterocycles. The zero-order valence-corrected chi connectivity index (χ0v) is 17.2. The molecule has 4 bridgehead atoms. The Kier molecular flexibility index (Phi) is 4.70. The lowest BCUT2D eigenvalue weighted by atomic mass is 9.75. The molecule has 154 valence electrons. The fraction of sp³-hybridized carbons (Fsp3) is 0.545. The van der Waals surface area contributed by atoms with Crippen molar-refractivity contribution < 1.29 is 18.3 Å². The zero-order valence-electron chi connectivity index (χ0n) is 16.4. The van der Waals surface area contributed by atoms with E-state index in [2.05, 4.69) is 4.99 Å². The third kappa shape index (κ3) is 3.19. The molecule has 1 amide bonds. The first-order valence-corrected chi connectivity index (χ1v) is 11.0. The molecule has 4 aliphatic carbocycles. The number of benzene rings is 1. The van der Waals surface area contributed by atoms with Crippen molar-refractivity contribution in [2.45, 2.75) is 38.6 Å². The van der Waals surface area contributed by atoms with E-state index in [0.717, 1.165) is 31.7 Å². The summed E-state index contributed by atoms with van der Waals surface area (Å²) in [5, 5.41) is 0. The standard InChI is InChI=1S/C22H24F2N2O2S/c1-28-5-4-26-12-19(17-3-2-16(23)9-18(17)24)29-21(26)25-20(27)22-10-13-6-14(11-22)8-15(22)7-13/h2-3,9,12-15H,4-8,10-11H2,1H3/b25-21-. The highest BCUT2D eigenvalue weighted by molar-refractivity contribution is 7.12. The van der Waals surface area contributed by atoms with Gasteiger partial charge in [0, 0.05) is 31.5 Å². The quantitative estimate of drug-likeness (QED) is 0.723. The van der Waals surface area contributed by atoms with Crippen molar-refractivity contribution in [2.24, 2.45) is 28.2 Å². The molecule has 1 aromatic carbocycles. The molecule has 7 heteroatoms. The van der Waals surface area contributed by atoms with Gasteiger partial charge in [-0.3, -0.25) is 4.79 Å². The van der Waals surface area contributed by atoms with E-state index in [1.807, 2.05) is 4.57 Å². The second-order valence-corrected chi connectivity index (χ2v) is 9.81. The van der Waals surface area contributed by atoms with Gasteiger partial charge < -0.3 is 9.30 Å². The summed E-state index contributed by atoms with van der Waals surface area (Å²) in [5.41, 5.74) is 0.0354. The van der Waals surface area contributed by atoms with Crippen molar-refractivity contribution in [1.29, 1.82) is 0 Å². The molecule has 4 fully saturated rings.